The number of hydrogen-bond acceptors (Lipinski definition) is 6. The van der Waals surface area contributed by atoms with Crippen LogP contribution in [0.2, 0.25) is 0 Å². The minimum absolute atomic E-state index is 0.0668. The number of rotatable bonds is 5. The van der Waals surface area contributed by atoms with Crippen molar-refractivity contribution in [3.8, 4) is 0 Å². The van der Waals surface area contributed by atoms with Crippen LogP contribution in [0.15, 0.2) is 63.3 Å². The SMILES string of the molecule is Cn1c(=O)c2c(nc(SCC(=O)N3CC(=O)Nc4ccccc43)n2Cc2ccc(F)cc2)n(C)c1=O. The van der Waals surface area contributed by atoms with E-state index in [0.29, 0.717) is 22.1 Å². The lowest BCUT2D eigenvalue weighted by Gasteiger charge is -2.29. The van der Waals surface area contributed by atoms with Gasteiger partial charge in [-0.05, 0) is 29.8 Å². The normalized spacial score (nSPS) is 13.1. The van der Waals surface area contributed by atoms with Gasteiger partial charge in [-0.1, -0.05) is 36.0 Å². The van der Waals surface area contributed by atoms with Crippen molar-refractivity contribution in [2.45, 2.75) is 11.7 Å². The zero-order valence-electron chi connectivity index (χ0n) is 19.4. The number of carbonyl (C=O) groups excluding carboxylic acids is 2. The van der Waals surface area contributed by atoms with E-state index < -0.39 is 17.1 Å². The van der Waals surface area contributed by atoms with E-state index in [4.69, 9.17) is 0 Å². The second-order valence-corrected chi connectivity index (χ2v) is 9.26. The maximum absolute atomic E-state index is 13.4. The summed E-state index contributed by atoms with van der Waals surface area (Å²) < 4.78 is 17.3. The number of hydrogen-bond donors (Lipinski definition) is 1. The Bertz CT molecular complexity index is 1640. The van der Waals surface area contributed by atoms with Gasteiger partial charge in [0.1, 0.15) is 12.4 Å². The molecule has 2 aromatic carbocycles. The second-order valence-electron chi connectivity index (χ2n) is 8.32. The molecule has 1 aliphatic rings. The van der Waals surface area contributed by atoms with Gasteiger partial charge in [0.05, 0.1) is 23.7 Å². The van der Waals surface area contributed by atoms with Crippen molar-refractivity contribution in [2.24, 2.45) is 14.1 Å². The highest BCUT2D eigenvalue weighted by atomic mass is 32.2. The van der Waals surface area contributed by atoms with E-state index in [-0.39, 0.29) is 41.8 Å². The maximum atomic E-state index is 13.4. The molecular formula is C24H21FN6O4S. The van der Waals surface area contributed by atoms with Crippen LogP contribution in [-0.4, -0.2) is 42.8 Å². The average Bonchev–Trinajstić information content (AvgIpc) is 3.23. The maximum Gasteiger partial charge on any atom is 0.332 e. The summed E-state index contributed by atoms with van der Waals surface area (Å²) >= 11 is 1.09. The number of anilines is 2. The number of nitrogens with zero attached hydrogens (tertiary/aromatic N) is 5. The number of amides is 2. The molecule has 0 fully saturated rings. The zero-order valence-corrected chi connectivity index (χ0v) is 20.2. The molecule has 5 rings (SSSR count). The number of aryl methyl sites for hydroxylation is 1. The molecule has 0 saturated heterocycles. The number of halogens is 1. The third-order valence-corrected chi connectivity index (χ3v) is 6.92. The standard InChI is InChI=1S/C24H21FN6O4S/c1-28-21-20(22(34)29(2)24(28)35)31(11-14-7-9-15(25)10-8-14)23(27-21)36-13-19(33)30-12-18(32)26-16-5-3-4-6-17(16)30/h3-10H,11-13H2,1-2H3,(H,26,32). The highest BCUT2D eigenvalue weighted by molar-refractivity contribution is 7.99. The highest BCUT2D eigenvalue weighted by Gasteiger charge is 2.27. The fraction of sp³-hybridized carbons (Fsp3) is 0.208. The predicted octanol–water partition coefficient (Wildman–Crippen LogP) is 1.70. The van der Waals surface area contributed by atoms with E-state index in [9.17, 15) is 23.6 Å². The van der Waals surface area contributed by atoms with Crippen LogP contribution in [0.1, 0.15) is 5.56 Å². The minimum Gasteiger partial charge on any atom is -0.323 e. The summed E-state index contributed by atoms with van der Waals surface area (Å²) in [6, 6.07) is 12.8. The lowest BCUT2D eigenvalue weighted by atomic mass is 10.2. The van der Waals surface area contributed by atoms with Crippen LogP contribution >= 0.6 is 11.8 Å². The van der Waals surface area contributed by atoms with Crippen LogP contribution in [0.3, 0.4) is 0 Å². The predicted molar refractivity (Wildman–Crippen MR) is 134 cm³/mol. The molecule has 4 aromatic rings. The molecule has 0 atom stereocenters. The molecule has 2 amide bonds. The Labute approximate surface area is 208 Å². The van der Waals surface area contributed by atoms with Crippen molar-refractivity contribution in [1.82, 2.24) is 18.7 Å². The summed E-state index contributed by atoms with van der Waals surface area (Å²) in [7, 11) is 2.90. The molecule has 2 aromatic heterocycles. The molecule has 0 saturated carbocycles. The molecule has 0 bridgehead atoms. The first kappa shape index (κ1) is 23.5. The Morgan fingerprint density at radius 3 is 2.53 bits per heavy atom. The third kappa shape index (κ3) is 4.09. The molecule has 1 N–H and O–H groups in total. The van der Waals surface area contributed by atoms with E-state index in [1.54, 1.807) is 41.0 Å². The summed E-state index contributed by atoms with van der Waals surface area (Å²) in [6.07, 6.45) is 0. The van der Waals surface area contributed by atoms with Crippen molar-refractivity contribution in [2.75, 3.05) is 22.5 Å². The molecule has 0 spiro atoms. The van der Waals surface area contributed by atoms with Gasteiger partial charge in [-0.3, -0.25) is 23.5 Å². The first-order chi connectivity index (χ1) is 17.2. The van der Waals surface area contributed by atoms with Gasteiger partial charge in [-0.25, -0.2) is 14.2 Å². The lowest BCUT2D eigenvalue weighted by molar-refractivity contribution is -0.120. The molecule has 10 nitrogen and oxygen atoms in total. The molecule has 3 heterocycles. The molecule has 1 aliphatic heterocycles. The summed E-state index contributed by atoms with van der Waals surface area (Å²) in [6.45, 7) is 0.0626. The number of imidazole rings is 1. The number of thioether (sulfide) groups is 1. The summed E-state index contributed by atoms with van der Waals surface area (Å²) in [5, 5.41) is 3.09. The number of benzene rings is 2. The Morgan fingerprint density at radius 1 is 1.06 bits per heavy atom. The Hall–Kier alpha value is -4.19. The molecule has 184 valence electrons. The first-order valence-corrected chi connectivity index (χ1v) is 12.0. The van der Waals surface area contributed by atoms with Gasteiger partial charge in [0.2, 0.25) is 11.8 Å². The van der Waals surface area contributed by atoms with Crippen molar-refractivity contribution in [3.05, 3.63) is 80.7 Å². The Morgan fingerprint density at radius 2 is 1.78 bits per heavy atom. The van der Waals surface area contributed by atoms with E-state index in [0.717, 1.165) is 16.3 Å². The van der Waals surface area contributed by atoms with E-state index in [1.165, 1.54) is 35.7 Å². The van der Waals surface area contributed by atoms with Crippen LogP contribution in [0.25, 0.3) is 11.2 Å². The summed E-state index contributed by atoms with van der Waals surface area (Å²) in [5.74, 6) is -1.07. The monoisotopic (exact) mass is 508 g/mol. The smallest absolute Gasteiger partial charge is 0.323 e. The van der Waals surface area contributed by atoms with E-state index >= 15 is 0 Å². The van der Waals surface area contributed by atoms with Crippen LogP contribution < -0.4 is 21.5 Å². The quantitative estimate of drug-likeness (QED) is 0.411. The van der Waals surface area contributed by atoms with Crippen molar-refractivity contribution in [1.29, 1.82) is 0 Å². The molecule has 36 heavy (non-hydrogen) atoms. The van der Waals surface area contributed by atoms with Gasteiger partial charge in [0.25, 0.3) is 5.56 Å². The fourth-order valence-corrected chi connectivity index (χ4v) is 4.99. The molecular weight excluding hydrogens is 487 g/mol. The number of fused-ring (bicyclic) bond motifs is 2. The van der Waals surface area contributed by atoms with Crippen molar-refractivity contribution < 1.29 is 14.0 Å². The Balaban J connectivity index is 1.52. The first-order valence-electron chi connectivity index (χ1n) is 11.0. The molecule has 0 radical (unpaired) electrons. The Kier molecular flexibility index (Phi) is 5.96. The molecule has 12 heteroatoms. The number of carbonyl (C=O) groups is 2. The minimum atomic E-state index is -0.525. The highest BCUT2D eigenvalue weighted by Crippen LogP contribution is 2.30. The number of nitrogens with one attached hydrogen (secondary N) is 1. The van der Waals surface area contributed by atoms with Gasteiger partial charge in [0.15, 0.2) is 16.3 Å². The van der Waals surface area contributed by atoms with Crippen molar-refractivity contribution in [3.63, 3.8) is 0 Å². The van der Waals surface area contributed by atoms with Crippen LogP contribution in [0.4, 0.5) is 15.8 Å². The van der Waals surface area contributed by atoms with Crippen LogP contribution in [0.5, 0.6) is 0 Å². The lowest BCUT2D eigenvalue weighted by Crippen LogP contribution is -2.43. The number of aromatic nitrogens is 4. The van der Waals surface area contributed by atoms with Crippen LogP contribution in [0, 0.1) is 5.82 Å². The average molecular weight is 509 g/mol. The third-order valence-electron chi connectivity index (χ3n) is 5.96. The molecule has 0 aliphatic carbocycles. The number of para-hydroxylation sites is 2. The topological polar surface area (TPSA) is 111 Å². The fourth-order valence-electron chi connectivity index (χ4n) is 4.12. The van der Waals surface area contributed by atoms with E-state index in [2.05, 4.69) is 10.3 Å². The van der Waals surface area contributed by atoms with Gasteiger partial charge in [-0.2, -0.15) is 0 Å². The second kappa shape index (κ2) is 9.11. The van der Waals surface area contributed by atoms with Gasteiger partial charge in [0, 0.05) is 14.1 Å². The zero-order chi connectivity index (χ0) is 25.6. The largest absolute Gasteiger partial charge is 0.332 e. The summed E-state index contributed by atoms with van der Waals surface area (Å²) in [5.41, 5.74) is 1.18. The molecule has 0 unspecified atom stereocenters. The van der Waals surface area contributed by atoms with Crippen molar-refractivity contribution >= 4 is 46.1 Å². The van der Waals surface area contributed by atoms with Gasteiger partial charge >= 0.3 is 5.69 Å². The van der Waals surface area contributed by atoms with Crippen LogP contribution in [-0.2, 0) is 30.2 Å². The summed E-state index contributed by atoms with van der Waals surface area (Å²) in [4.78, 5) is 56.7. The van der Waals surface area contributed by atoms with E-state index in [1.807, 2.05) is 0 Å². The van der Waals surface area contributed by atoms with Gasteiger partial charge < -0.3 is 14.8 Å². The van der Waals surface area contributed by atoms with Gasteiger partial charge in [-0.15, -0.1) is 0 Å².